The van der Waals surface area contributed by atoms with Gasteiger partial charge in [0.05, 0.1) is 5.52 Å². The molecule has 0 fully saturated rings. The van der Waals surface area contributed by atoms with Crippen LogP contribution in [0.2, 0.25) is 0 Å². The highest BCUT2D eigenvalue weighted by Gasteiger charge is 1.93. The Kier molecular flexibility index (Phi) is 1.59. The third-order valence-corrected chi connectivity index (χ3v) is 2.18. The van der Waals surface area contributed by atoms with Crippen molar-refractivity contribution >= 4 is 25.4 Å². The van der Waals surface area contributed by atoms with E-state index in [9.17, 15) is 0 Å². The molecule has 0 saturated carbocycles. The molecular formula is C9H8NP. The SMILES string of the molecule is Pc1cccc2ncccc12. The maximum absolute atomic E-state index is 4.23. The number of hydrogen-bond donors (Lipinski definition) is 0. The Labute approximate surface area is 67.7 Å². The smallest absolute Gasteiger partial charge is 0.0708 e. The summed E-state index contributed by atoms with van der Waals surface area (Å²) in [6, 6.07) is 10.1. The Bertz CT molecular complexity index is 379. The Morgan fingerprint density at radius 3 is 2.82 bits per heavy atom. The monoisotopic (exact) mass is 161 g/mol. The van der Waals surface area contributed by atoms with Crippen molar-refractivity contribution in [1.82, 2.24) is 4.98 Å². The van der Waals surface area contributed by atoms with E-state index in [-0.39, 0.29) is 0 Å². The van der Waals surface area contributed by atoms with Crippen LogP contribution in [0.5, 0.6) is 0 Å². The molecular weight excluding hydrogens is 153 g/mol. The second kappa shape index (κ2) is 2.60. The number of pyridine rings is 1. The zero-order valence-electron chi connectivity index (χ0n) is 5.99. The molecule has 1 atom stereocenters. The number of fused-ring (bicyclic) bond motifs is 1. The molecule has 2 rings (SSSR count). The molecule has 0 amide bonds. The van der Waals surface area contributed by atoms with Crippen molar-refractivity contribution < 1.29 is 0 Å². The molecule has 0 aliphatic heterocycles. The number of aromatic nitrogens is 1. The molecule has 0 N–H and O–H groups in total. The van der Waals surface area contributed by atoms with Gasteiger partial charge in [-0.3, -0.25) is 4.98 Å². The van der Waals surface area contributed by atoms with E-state index in [1.807, 2.05) is 24.4 Å². The van der Waals surface area contributed by atoms with Gasteiger partial charge in [-0.2, -0.15) is 0 Å². The van der Waals surface area contributed by atoms with Crippen molar-refractivity contribution in [1.29, 1.82) is 0 Å². The van der Waals surface area contributed by atoms with Gasteiger partial charge in [0.15, 0.2) is 0 Å². The van der Waals surface area contributed by atoms with Crippen molar-refractivity contribution in [3.63, 3.8) is 0 Å². The summed E-state index contributed by atoms with van der Waals surface area (Å²) in [6.07, 6.45) is 1.81. The number of nitrogens with zero attached hydrogens (tertiary/aromatic N) is 1. The summed E-state index contributed by atoms with van der Waals surface area (Å²) in [7, 11) is 2.70. The Balaban J connectivity index is 2.91. The van der Waals surface area contributed by atoms with Crippen molar-refractivity contribution in [2.24, 2.45) is 0 Å². The van der Waals surface area contributed by atoms with Crippen LogP contribution in [0.3, 0.4) is 0 Å². The quantitative estimate of drug-likeness (QED) is 0.536. The van der Waals surface area contributed by atoms with Gasteiger partial charge < -0.3 is 0 Å². The fraction of sp³-hybridized carbons (Fsp3) is 0. The molecule has 1 heterocycles. The van der Waals surface area contributed by atoms with Crippen molar-refractivity contribution in [3.05, 3.63) is 36.5 Å². The van der Waals surface area contributed by atoms with E-state index in [2.05, 4.69) is 26.4 Å². The summed E-state index contributed by atoms with van der Waals surface area (Å²) in [4.78, 5) is 4.23. The topological polar surface area (TPSA) is 12.9 Å². The average Bonchev–Trinajstić information content (AvgIpc) is 2.06. The Hall–Kier alpha value is -0.940. The number of hydrogen-bond acceptors (Lipinski definition) is 1. The van der Waals surface area contributed by atoms with Crippen molar-refractivity contribution in [3.8, 4) is 0 Å². The van der Waals surface area contributed by atoms with Gasteiger partial charge >= 0.3 is 0 Å². The van der Waals surface area contributed by atoms with Crippen LogP contribution in [0.4, 0.5) is 0 Å². The van der Waals surface area contributed by atoms with E-state index in [4.69, 9.17) is 0 Å². The minimum atomic E-state index is 1.06. The lowest BCUT2D eigenvalue weighted by Crippen LogP contribution is -1.92. The first-order valence-electron chi connectivity index (χ1n) is 3.47. The molecule has 0 aliphatic carbocycles. The van der Waals surface area contributed by atoms with Gasteiger partial charge in [-0.05, 0) is 17.4 Å². The maximum atomic E-state index is 4.23. The first-order valence-corrected chi connectivity index (χ1v) is 4.05. The van der Waals surface area contributed by atoms with E-state index >= 15 is 0 Å². The van der Waals surface area contributed by atoms with Crippen LogP contribution in [0.1, 0.15) is 0 Å². The Morgan fingerprint density at radius 2 is 2.00 bits per heavy atom. The molecule has 0 spiro atoms. The highest BCUT2D eigenvalue weighted by atomic mass is 31.0. The normalized spacial score (nSPS) is 10.3. The lowest BCUT2D eigenvalue weighted by Gasteiger charge is -1.97. The Morgan fingerprint density at radius 1 is 1.09 bits per heavy atom. The fourth-order valence-electron chi connectivity index (χ4n) is 1.13. The molecule has 1 aromatic carbocycles. The second-order valence-electron chi connectivity index (χ2n) is 2.42. The van der Waals surface area contributed by atoms with Crippen LogP contribution in [0, 0.1) is 0 Å². The predicted octanol–water partition coefficient (Wildman–Crippen LogP) is 1.74. The molecule has 0 aliphatic rings. The van der Waals surface area contributed by atoms with Gasteiger partial charge in [-0.1, -0.05) is 18.2 Å². The summed E-state index contributed by atoms with van der Waals surface area (Å²) >= 11 is 0. The summed E-state index contributed by atoms with van der Waals surface area (Å²) < 4.78 is 0. The van der Waals surface area contributed by atoms with E-state index < -0.39 is 0 Å². The van der Waals surface area contributed by atoms with Crippen LogP contribution in [0.25, 0.3) is 10.9 Å². The number of rotatable bonds is 0. The van der Waals surface area contributed by atoms with Crippen molar-refractivity contribution in [2.45, 2.75) is 0 Å². The first kappa shape index (κ1) is 6.75. The molecule has 0 radical (unpaired) electrons. The minimum absolute atomic E-state index is 1.06. The standard InChI is InChI=1S/C9H8NP/c11-9-5-1-4-8-7(9)3-2-6-10-8/h1-6H,11H2. The largest absolute Gasteiger partial charge is 0.256 e. The highest BCUT2D eigenvalue weighted by Crippen LogP contribution is 2.09. The lowest BCUT2D eigenvalue weighted by molar-refractivity contribution is 1.42. The van der Waals surface area contributed by atoms with E-state index in [1.165, 1.54) is 10.7 Å². The predicted molar refractivity (Wildman–Crippen MR) is 51.1 cm³/mol. The molecule has 0 saturated heterocycles. The summed E-state index contributed by atoms with van der Waals surface area (Å²) in [6.45, 7) is 0. The van der Waals surface area contributed by atoms with Crippen molar-refractivity contribution in [2.75, 3.05) is 0 Å². The zero-order valence-corrected chi connectivity index (χ0v) is 7.14. The zero-order chi connectivity index (χ0) is 7.68. The van der Waals surface area contributed by atoms with Gasteiger partial charge in [0, 0.05) is 11.6 Å². The van der Waals surface area contributed by atoms with Crippen LogP contribution in [-0.4, -0.2) is 4.98 Å². The summed E-state index contributed by atoms with van der Waals surface area (Å²) in [5, 5.41) is 2.41. The molecule has 0 bridgehead atoms. The van der Waals surface area contributed by atoms with Crippen LogP contribution < -0.4 is 5.30 Å². The molecule has 54 valence electrons. The fourth-order valence-corrected chi connectivity index (χ4v) is 1.48. The van der Waals surface area contributed by atoms with E-state index in [1.54, 1.807) is 0 Å². The van der Waals surface area contributed by atoms with Crippen LogP contribution >= 0.6 is 9.24 Å². The van der Waals surface area contributed by atoms with E-state index in [0.717, 1.165) is 5.52 Å². The molecule has 1 unspecified atom stereocenters. The summed E-state index contributed by atoms with van der Waals surface area (Å²) in [5.74, 6) is 0. The number of benzene rings is 1. The van der Waals surface area contributed by atoms with Gasteiger partial charge in [-0.25, -0.2) is 0 Å². The average molecular weight is 161 g/mol. The molecule has 1 nitrogen and oxygen atoms in total. The van der Waals surface area contributed by atoms with Gasteiger partial charge in [0.1, 0.15) is 0 Å². The molecule has 11 heavy (non-hydrogen) atoms. The second-order valence-corrected chi connectivity index (χ2v) is 3.04. The van der Waals surface area contributed by atoms with Crippen LogP contribution in [-0.2, 0) is 0 Å². The maximum Gasteiger partial charge on any atom is 0.0708 e. The molecule has 2 heteroatoms. The van der Waals surface area contributed by atoms with Crippen LogP contribution in [0.15, 0.2) is 36.5 Å². The highest BCUT2D eigenvalue weighted by molar-refractivity contribution is 7.28. The first-order chi connectivity index (χ1) is 5.38. The minimum Gasteiger partial charge on any atom is -0.256 e. The van der Waals surface area contributed by atoms with E-state index in [0.29, 0.717) is 0 Å². The third-order valence-electron chi connectivity index (χ3n) is 1.68. The van der Waals surface area contributed by atoms with Gasteiger partial charge in [0.25, 0.3) is 0 Å². The summed E-state index contributed by atoms with van der Waals surface area (Å²) in [5.41, 5.74) is 1.06. The lowest BCUT2D eigenvalue weighted by atomic mass is 10.2. The molecule has 1 aromatic heterocycles. The third kappa shape index (κ3) is 1.12. The molecule has 2 aromatic rings. The van der Waals surface area contributed by atoms with Gasteiger partial charge in [-0.15, -0.1) is 9.24 Å². The van der Waals surface area contributed by atoms with Gasteiger partial charge in [0.2, 0.25) is 0 Å².